The van der Waals surface area contributed by atoms with Gasteiger partial charge in [0.25, 0.3) is 0 Å². The lowest BCUT2D eigenvalue weighted by Gasteiger charge is -2.17. The molecule has 0 radical (unpaired) electrons. The number of carbonyl (C=O) groups is 5. The van der Waals surface area contributed by atoms with Gasteiger partial charge in [0.15, 0.2) is 23.1 Å². The first-order valence-electron chi connectivity index (χ1n) is 16.9. The molecule has 11 heteroatoms. The van der Waals surface area contributed by atoms with Crippen molar-refractivity contribution in [2.45, 2.75) is 0 Å². The molecule has 2 N–H and O–H groups in total. The molecule has 0 saturated carbocycles. The molecule has 9 nitrogen and oxygen atoms in total. The maximum Gasteiger partial charge on any atom is 0.323 e. The molecule has 6 aromatic carbocycles. The first-order valence-corrected chi connectivity index (χ1v) is 18.5. The van der Waals surface area contributed by atoms with E-state index in [9.17, 15) is 24.0 Å². The molecule has 2 amide bonds. The van der Waals surface area contributed by atoms with Crippen LogP contribution in [-0.4, -0.2) is 39.1 Å². The van der Waals surface area contributed by atoms with Crippen LogP contribution in [0.4, 0.5) is 16.2 Å². The minimum atomic E-state index is -0.466. The lowest BCUT2D eigenvalue weighted by atomic mass is 9.83. The van der Waals surface area contributed by atoms with Crippen molar-refractivity contribution in [3.05, 3.63) is 166 Å². The maximum absolute atomic E-state index is 13.5. The second-order valence-electron chi connectivity index (χ2n) is 12.9. The number of ketones is 4. The number of amides is 2. The van der Waals surface area contributed by atoms with E-state index in [2.05, 4.69) is 10.6 Å². The Labute approximate surface area is 314 Å². The van der Waals surface area contributed by atoms with Crippen LogP contribution in [0.5, 0.6) is 0 Å². The largest absolute Gasteiger partial charge is 0.323 e. The van der Waals surface area contributed by atoms with Crippen molar-refractivity contribution in [3.63, 3.8) is 0 Å². The summed E-state index contributed by atoms with van der Waals surface area (Å²) in [7, 11) is 0. The summed E-state index contributed by atoms with van der Waals surface area (Å²) in [4.78, 5) is 76.4. The number of anilines is 2. The maximum atomic E-state index is 13.5. The fourth-order valence-corrected chi connectivity index (χ4v) is 9.09. The van der Waals surface area contributed by atoms with E-state index in [-0.39, 0.29) is 23.1 Å². The zero-order valence-electron chi connectivity index (χ0n) is 27.8. The van der Waals surface area contributed by atoms with Crippen molar-refractivity contribution in [1.82, 2.24) is 9.97 Å². The molecule has 0 saturated heterocycles. The van der Waals surface area contributed by atoms with Gasteiger partial charge in [0.1, 0.15) is 10.0 Å². The molecule has 0 fully saturated rings. The molecule has 2 aliphatic rings. The third-order valence-electron chi connectivity index (χ3n) is 9.63. The minimum Gasteiger partial charge on any atom is -0.308 e. The molecule has 2 heterocycles. The van der Waals surface area contributed by atoms with E-state index in [4.69, 9.17) is 9.97 Å². The molecular weight excluding hydrogens is 717 g/mol. The van der Waals surface area contributed by atoms with Gasteiger partial charge in [-0.15, -0.1) is 22.7 Å². The fraction of sp³-hybridized carbons (Fsp3) is 0. The van der Waals surface area contributed by atoms with Gasteiger partial charge in [-0.25, -0.2) is 14.8 Å². The number of nitrogens with zero attached hydrogens (tertiary/aromatic N) is 2. The van der Waals surface area contributed by atoms with Crippen LogP contribution in [0, 0.1) is 0 Å². The Bertz CT molecular complexity index is 2810. The van der Waals surface area contributed by atoms with Crippen molar-refractivity contribution < 1.29 is 24.0 Å². The van der Waals surface area contributed by atoms with Crippen molar-refractivity contribution in [2.24, 2.45) is 0 Å². The molecule has 8 aromatic rings. The van der Waals surface area contributed by atoms with Gasteiger partial charge < -0.3 is 10.6 Å². The number of thiazole rings is 2. The van der Waals surface area contributed by atoms with Crippen LogP contribution in [0.1, 0.15) is 63.7 Å². The lowest BCUT2D eigenvalue weighted by Crippen LogP contribution is -2.21. The highest BCUT2D eigenvalue weighted by molar-refractivity contribution is 7.22. The number of hydrogen-bond donors (Lipinski definition) is 2. The molecule has 256 valence electrons. The normalized spacial score (nSPS) is 13.0. The Kier molecular flexibility index (Phi) is 7.09. The van der Waals surface area contributed by atoms with Crippen LogP contribution in [-0.2, 0) is 0 Å². The molecule has 54 heavy (non-hydrogen) atoms. The molecular formula is C43H22N4O5S2. The monoisotopic (exact) mass is 738 g/mol. The summed E-state index contributed by atoms with van der Waals surface area (Å²) in [6.07, 6.45) is 0. The number of hydrogen-bond acceptors (Lipinski definition) is 9. The number of urea groups is 1. The van der Waals surface area contributed by atoms with Crippen LogP contribution >= 0.6 is 22.7 Å². The molecule has 0 aliphatic heterocycles. The summed E-state index contributed by atoms with van der Waals surface area (Å²) in [5.41, 5.74) is 6.35. The van der Waals surface area contributed by atoms with Gasteiger partial charge in [-0.2, -0.15) is 0 Å². The van der Waals surface area contributed by atoms with E-state index in [1.807, 2.05) is 24.3 Å². The molecule has 2 aliphatic carbocycles. The second-order valence-corrected chi connectivity index (χ2v) is 14.9. The Hall–Kier alpha value is -6.95. The van der Waals surface area contributed by atoms with Crippen molar-refractivity contribution in [2.75, 3.05) is 10.6 Å². The van der Waals surface area contributed by atoms with Gasteiger partial charge in [0.05, 0.1) is 31.6 Å². The van der Waals surface area contributed by atoms with Gasteiger partial charge in [-0.3, -0.25) is 19.2 Å². The third kappa shape index (κ3) is 4.94. The van der Waals surface area contributed by atoms with Gasteiger partial charge in [-0.1, -0.05) is 72.8 Å². The van der Waals surface area contributed by atoms with E-state index >= 15 is 0 Å². The van der Waals surface area contributed by atoms with Gasteiger partial charge in [0, 0.05) is 55.9 Å². The molecule has 0 atom stereocenters. The predicted molar refractivity (Wildman–Crippen MR) is 209 cm³/mol. The van der Waals surface area contributed by atoms with Crippen LogP contribution in [0.2, 0.25) is 0 Å². The Morgan fingerprint density at radius 1 is 0.444 bits per heavy atom. The first-order chi connectivity index (χ1) is 26.3. The van der Waals surface area contributed by atoms with E-state index < -0.39 is 6.03 Å². The third-order valence-corrected chi connectivity index (χ3v) is 11.8. The average Bonchev–Trinajstić information content (AvgIpc) is 3.84. The Morgan fingerprint density at radius 2 is 0.852 bits per heavy atom. The van der Waals surface area contributed by atoms with Gasteiger partial charge in [-0.05, 0) is 48.5 Å². The lowest BCUT2D eigenvalue weighted by molar-refractivity contribution is 0.0980. The summed E-state index contributed by atoms with van der Waals surface area (Å²) in [5.74, 6) is -0.838. The van der Waals surface area contributed by atoms with Crippen molar-refractivity contribution in [3.8, 4) is 21.1 Å². The number of rotatable bonds is 4. The fourth-order valence-electron chi connectivity index (χ4n) is 7.14. The molecule has 0 spiro atoms. The Balaban J connectivity index is 0.895. The number of nitrogens with one attached hydrogen (secondary N) is 2. The summed E-state index contributed by atoms with van der Waals surface area (Å²) >= 11 is 2.80. The smallest absolute Gasteiger partial charge is 0.308 e. The van der Waals surface area contributed by atoms with Crippen molar-refractivity contribution in [1.29, 1.82) is 0 Å². The highest BCUT2D eigenvalue weighted by Crippen LogP contribution is 2.39. The van der Waals surface area contributed by atoms with E-state index in [0.717, 1.165) is 20.5 Å². The molecule has 2 aromatic heterocycles. The summed E-state index contributed by atoms with van der Waals surface area (Å²) in [6, 6.07) is 34.7. The number of fused-ring (bicyclic) bond motifs is 8. The predicted octanol–water partition coefficient (Wildman–Crippen LogP) is 9.43. The quantitative estimate of drug-likeness (QED) is 0.184. The summed E-state index contributed by atoms with van der Waals surface area (Å²) in [6.45, 7) is 0. The Morgan fingerprint density at radius 3 is 1.28 bits per heavy atom. The zero-order chi connectivity index (χ0) is 36.7. The highest BCUT2D eigenvalue weighted by Gasteiger charge is 2.33. The second kappa shape index (κ2) is 12.1. The average molecular weight is 739 g/mol. The zero-order valence-corrected chi connectivity index (χ0v) is 29.4. The number of carbonyl (C=O) groups excluding carboxylic acids is 5. The molecule has 0 unspecified atom stereocenters. The summed E-state index contributed by atoms with van der Waals surface area (Å²) in [5, 5.41) is 7.05. The van der Waals surface area contributed by atoms with Crippen molar-refractivity contribution >= 4 is 83.6 Å². The van der Waals surface area contributed by atoms with Crippen LogP contribution in [0.15, 0.2) is 121 Å². The molecule has 0 bridgehead atoms. The highest BCUT2D eigenvalue weighted by atomic mass is 32.1. The topological polar surface area (TPSA) is 135 Å². The first kappa shape index (κ1) is 31.8. The van der Waals surface area contributed by atoms with Crippen LogP contribution < -0.4 is 10.6 Å². The van der Waals surface area contributed by atoms with Crippen LogP contribution in [0.25, 0.3) is 41.6 Å². The standard InChI is InChI=1S/C43H22N4O5S2/c48-37-25-11-1-3-13-27(25)39(50)33-29(37)15-17-31-35(33)46-41(53-31)21-7-5-9-23(19-21)44-43(52)45-24-10-6-8-22(20-24)42-47-36-32(54-42)18-16-30-34(36)40(51)28-14-4-2-12-26(28)38(30)49/h1-20H,(H2,44,45,52). The van der Waals surface area contributed by atoms with Crippen LogP contribution in [0.3, 0.4) is 0 Å². The van der Waals surface area contributed by atoms with E-state index in [1.165, 1.54) is 22.7 Å². The van der Waals surface area contributed by atoms with E-state index in [0.29, 0.717) is 76.9 Å². The van der Waals surface area contributed by atoms with Gasteiger partial charge >= 0.3 is 6.03 Å². The number of aromatic nitrogens is 2. The molecule has 10 rings (SSSR count). The SMILES string of the molecule is O=C(Nc1cccc(-c2nc3c4c(ccc3s2)C(=O)c2ccccc2C4=O)c1)Nc1cccc(-c2nc3c4c(ccc3s2)C(=O)c2ccccc2C4=O)c1. The number of benzene rings is 6. The summed E-state index contributed by atoms with van der Waals surface area (Å²) < 4.78 is 1.55. The minimum absolute atomic E-state index is 0.196. The van der Waals surface area contributed by atoms with Gasteiger partial charge in [0.2, 0.25) is 0 Å². The van der Waals surface area contributed by atoms with E-state index in [1.54, 1.807) is 97.1 Å².